The van der Waals surface area contributed by atoms with Crippen molar-refractivity contribution in [1.29, 1.82) is 5.26 Å². The number of nitrogens with zero attached hydrogens (tertiary/aromatic N) is 3. The molecule has 0 aliphatic carbocycles. The smallest absolute Gasteiger partial charge is 0.383 e. The van der Waals surface area contributed by atoms with Crippen molar-refractivity contribution < 1.29 is 13.2 Å². The SMILES string of the molecule is N#Cc1ccc(Nc2ncnc(N)c2Br)cc1C(F)(F)F. The van der Waals surface area contributed by atoms with Crippen molar-refractivity contribution in [2.24, 2.45) is 0 Å². The first-order valence-corrected chi connectivity index (χ1v) is 6.26. The molecule has 21 heavy (non-hydrogen) atoms. The minimum atomic E-state index is -4.62. The van der Waals surface area contributed by atoms with E-state index in [4.69, 9.17) is 11.0 Å². The molecule has 1 aromatic heterocycles. The van der Waals surface area contributed by atoms with Gasteiger partial charge in [0.25, 0.3) is 0 Å². The van der Waals surface area contributed by atoms with E-state index in [0.29, 0.717) is 4.47 Å². The molecule has 0 bridgehead atoms. The van der Waals surface area contributed by atoms with Gasteiger partial charge >= 0.3 is 6.18 Å². The van der Waals surface area contributed by atoms with Gasteiger partial charge in [0.1, 0.15) is 22.4 Å². The summed E-state index contributed by atoms with van der Waals surface area (Å²) in [6, 6.07) is 4.78. The number of anilines is 3. The maximum Gasteiger partial charge on any atom is 0.417 e. The first-order chi connectivity index (χ1) is 9.82. The zero-order valence-electron chi connectivity index (χ0n) is 10.2. The van der Waals surface area contributed by atoms with Gasteiger partial charge in [-0.2, -0.15) is 18.4 Å². The van der Waals surface area contributed by atoms with Gasteiger partial charge in [-0.3, -0.25) is 0 Å². The van der Waals surface area contributed by atoms with Crippen LogP contribution >= 0.6 is 15.9 Å². The molecule has 1 heterocycles. The molecular weight excluding hydrogens is 351 g/mol. The van der Waals surface area contributed by atoms with E-state index in [0.717, 1.165) is 12.1 Å². The summed E-state index contributed by atoms with van der Waals surface area (Å²) in [6.45, 7) is 0. The van der Waals surface area contributed by atoms with Gasteiger partial charge in [0.15, 0.2) is 0 Å². The van der Waals surface area contributed by atoms with Crippen molar-refractivity contribution in [1.82, 2.24) is 9.97 Å². The Kier molecular flexibility index (Phi) is 3.99. The van der Waals surface area contributed by atoms with Crippen LogP contribution in [-0.4, -0.2) is 9.97 Å². The summed E-state index contributed by atoms with van der Waals surface area (Å²) in [4.78, 5) is 7.60. The molecule has 0 unspecified atom stereocenters. The lowest BCUT2D eigenvalue weighted by Gasteiger charge is -2.12. The van der Waals surface area contributed by atoms with E-state index in [1.54, 1.807) is 0 Å². The van der Waals surface area contributed by atoms with Crippen LogP contribution in [0.5, 0.6) is 0 Å². The number of nitrogens with one attached hydrogen (secondary N) is 1. The second-order valence-electron chi connectivity index (χ2n) is 3.92. The number of hydrogen-bond acceptors (Lipinski definition) is 5. The summed E-state index contributed by atoms with van der Waals surface area (Å²) >= 11 is 3.14. The van der Waals surface area contributed by atoms with Crippen molar-refractivity contribution in [3.63, 3.8) is 0 Å². The number of halogens is 4. The number of hydrogen-bond donors (Lipinski definition) is 2. The topological polar surface area (TPSA) is 87.6 Å². The maximum atomic E-state index is 12.9. The van der Waals surface area contributed by atoms with E-state index >= 15 is 0 Å². The first-order valence-electron chi connectivity index (χ1n) is 5.47. The molecule has 2 aromatic rings. The number of benzene rings is 1. The van der Waals surface area contributed by atoms with E-state index in [-0.39, 0.29) is 17.3 Å². The number of aromatic nitrogens is 2. The van der Waals surface area contributed by atoms with E-state index in [9.17, 15) is 13.2 Å². The standard InChI is InChI=1S/C12H7BrF3N5/c13-9-10(18)19-5-20-11(9)21-7-2-1-6(4-17)8(3-7)12(14,15)16/h1-3,5H,(H3,18,19,20,21). The zero-order chi connectivity index (χ0) is 15.6. The Labute approximate surface area is 125 Å². The molecule has 3 N–H and O–H groups in total. The minimum absolute atomic E-state index is 0.125. The highest BCUT2D eigenvalue weighted by Gasteiger charge is 2.33. The van der Waals surface area contributed by atoms with Crippen molar-refractivity contribution in [2.75, 3.05) is 11.1 Å². The summed E-state index contributed by atoms with van der Waals surface area (Å²) in [5, 5.41) is 11.4. The lowest BCUT2D eigenvalue weighted by atomic mass is 10.1. The number of nitriles is 1. The third-order valence-electron chi connectivity index (χ3n) is 2.52. The van der Waals surface area contributed by atoms with Gasteiger partial charge in [0.2, 0.25) is 0 Å². The minimum Gasteiger partial charge on any atom is -0.383 e. The Hall–Kier alpha value is -2.34. The van der Waals surface area contributed by atoms with Crippen LogP contribution in [0.2, 0.25) is 0 Å². The monoisotopic (exact) mass is 357 g/mol. The van der Waals surface area contributed by atoms with Crippen LogP contribution in [0.25, 0.3) is 0 Å². The van der Waals surface area contributed by atoms with Crippen LogP contribution in [0.15, 0.2) is 29.0 Å². The second kappa shape index (κ2) is 5.57. The fourth-order valence-electron chi connectivity index (χ4n) is 1.56. The first kappa shape index (κ1) is 15.1. The van der Waals surface area contributed by atoms with Crippen LogP contribution in [-0.2, 0) is 6.18 Å². The Morgan fingerprint density at radius 2 is 2.00 bits per heavy atom. The van der Waals surface area contributed by atoms with E-state index < -0.39 is 17.3 Å². The van der Waals surface area contributed by atoms with Gasteiger partial charge in [-0.1, -0.05) is 0 Å². The lowest BCUT2D eigenvalue weighted by Crippen LogP contribution is -2.09. The van der Waals surface area contributed by atoms with Gasteiger partial charge in [-0.05, 0) is 34.1 Å². The molecule has 5 nitrogen and oxygen atoms in total. The van der Waals surface area contributed by atoms with Crippen LogP contribution in [0.3, 0.4) is 0 Å². The molecule has 0 aliphatic heterocycles. The quantitative estimate of drug-likeness (QED) is 0.859. The van der Waals surface area contributed by atoms with Crippen molar-refractivity contribution >= 4 is 33.3 Å². The van der Waals surface area contributed by atoms with Crippen molar-refractivity contribution in [3.05, 3.63) is 40.1 Å². The summed E-state index contributed by atoms with van der Waals surface area (Å²) in [6.07, 6.45) is -3.44. The predicted molar refractivity (Wildman–Crippen MR) is 73.6 cm³/mol. The molecule has 0 amide bonds. The Morgan fingerprint density at radius 3 is 2.62 bits per heavy atom. The molecule has 0 aliphatic rings. The Balaban J connectivity index is 2.43. The molecule has 0 saturated carbocycles. The number of nitrogens with two attached hydrogens (primary N) is 1. The fraction of sp³-hybridized carbons (Fsp3) is 0.0833. The highest BCUT2D eigenvalue weighted by atomic mass is 79.9. The summed E-state index contributed by atoms with van der Waals surface area (Å²) in [5.74, 6) is 0.373. The van der Waals surface area contributed by atoms with Crippen molar-refractivity contribution in [2.45, 2.75) is 6.18 Å². The van der Waals surface area contributed by atoms with Gasteiger partial charge in [-0.25, -0.2) is 9.97 Å². The second-order valence-corrected chi connectivity index (χ2v) is 4.71. The van der Waals surface area contributed by atoms with E-state index in [1.807, 2.05) is 0 Å². The average Bonchev–Trinajstić information content (AvgIpc) is 2.43. The molecule has 0 spiro atoms. The zero-order valence-corrected chi connectivity index (χ0v) is 11.8. The third-order valence-corrected chi connectivity index (χ3v) is 3.31. The fourth-order valence-corrected chi connectivity index (χ4v) is 1.87. The molecule has 1 aromatic carbocycles. The van der Waals surface area contributed by atoms with Crippen LogP contribution < -0.4 is 11.1 Å². The molecule has 0 fully saturated rings. The predicted octanol–water partition coefficient (Wildman–Crippen LogP) is 3.46. The lowest BCUT2D eigenvalue weighted by molar-refractivity contribution is -0.137. The number of rotatable bonds is 2. The summed E-state index contributed by atoms with van der Waals surface area (Å²) in [5.41, 5.74) is 4.21. The van der Waals surface area contributed by atoms with Crippen LogP contribution in [0, 0.1) is 11.3 Å². The summed E-state index contributed by atoms with van der Waals surface area (Å²) in [7, 11) is 0. The van der Waals surface area contributed by atoms with Crippen LogP contribution in [0.4, 0.5) is 30.5 Å². The van der Waals surface area contributed by atoms with Crippen molar-refractivity contribution in [3.8, 4) is 6.07 Å². The largest absolute Gasteiger partial charge is 0.417 e. The van der Waals surface area contributed by atoms with E-state index in [1.165, 1.54) is 18.5 Å². The molecule has 2 rings (SSSR count). The Morgan fingerprint density at radius 1 is 1.29 bits per heavy atom. The average molecular weight is 358 g/mol. The molecule has 0 saturated heterocycles. The van der Waals surface area contributed by atoms with Gasteiger partial charge in [0, 0.05) is 5.69 Å². The van der Waals surface area contributed by atoms with Gasteiger partial charge in [-0.15, -0.1) is 0 Å². The maximum absolute atomic E-state index is 12.9. The normalized spacial score (nSPS) is 11.0. The van der Waals surface area contributed by atoms with Gasteiger partial charge in [0.05, 0.1) is 17.2 Å². The molecule has 0 atom stereocenters. The van der Waals surface area contributed by atoms with E-state index in [2.05, 4.69) is 31.2 Å². The molecule has 0 radical (unpaired) electrons. The van der Waals surface area contributed by atoms with Crippen LogP contribution in [0.1, 0.15) is 11.1 Å². The molecule has 108 valence electrons. The highest BCUT2D eigenvalue weighted by molar-refractivity contribution is 9.10. The number of alkyl halides is 3. The van der Waals surface area contributed by atoms with Gasteiger partial charge < -0.3 is 11.1 Å². The Bertz CT molecular complexity index is 724. The highest BCUT2D eigenvalue weighted by Crippen LogP contribution is 2.35. The third kappa shape index (κ3) is 3.22. The summed E-state index contributed by atoms with van der Waals surface area (Å²) < 4.78 is 38.9. The molecular formula is C12H7BrF3N5. The number of nitrogen functional groups attached to an aromatic ring is 1. The molecule has 9 heteroatoms.